The van der Waals surface area contributed by atoms with Gasteiger partial charge < -0.3 is 5.32 Å². The number of nitrogens with one attached hydrogen (secondary N) is 1. The minimum absolute atomic E-state index is 0.0591. The minimum atomic E-state index is -0.476. The first-order valence-corrected chi connectivity index (χ1v) is 9.25. The molecule has 1 N–H and O–H groups in total. The Hall–Kier alpha value is -3.49. The summed E-state index contributed by atoms with van der Waals surface area (Å²) in [6, 6.07) is 8.09. The molecule has 3 aromatic rings. The van der Waals surface area contributed by atoms with Crippen LogP contribution >= 0.6 is 0 Å². The lowest BCUT2D eigenvalue weighted by Gasteiger charge is -2.09. The number of hydrogen-bond donors (Lipinski definition) is 1. The van der Waals surface area contributed by atoms with Crippen LogP contribution in [-0.2, 0) is 17.9 Å². The van der Waals surface area contributed by atoms with Gasteiger partial charge in [-0.05, 0) is 45.7 Å². The van der Waals surface area contributed by atoms with Crippen molar-refractivity contribution in [2.45, 2.75) is 47.7 Å². The Kier molecular flexibility index (Phi) is 5.49. The van der Waals surface area contributed by atoms with Gasteiger partial charge in [-0.3, -0.25) is 24.3 Å². The number of hydrogen-bond acceptors (Lipinski definition) is 5. The number of amides is 1. The van der Waals surface area contributed by atoms with Gasteiger partial charge in [-0.25, -0.2) is 0 Å². The molecule has 0 aliphatic rings. The largest absolute Gasteiger partial charge is 0.321 e. The molecular weight excluding hydrogens is 372 g/mol. The number of carbonyl (C=O) groups excluding carboxylic acids is 1. The van der Waals surface area contributed by atoms with E-state index in [0.717, 1.165) is 11.3 Å². The van der Waals surface area contributed by atoms with Crippen LogP contribution in [0.1, 0.15) is 33.9 Å². The number of carbonyl (C=O) groups is 1. The lowest BCUT2D eigenvalue weighted by atomic mass is 10.1. The monoisotopic (exact) mass is 396 g/mol. The highest BCUT2D eigenvalue weighted by atomic mass is 16.6. The maximum atomic E-state index is 12.6. The smallest absolute Gasteiger partial charge is 0.312 e. The molecule has 0 saturated heterocycles. The minimum Gasteiger partial charge on any atom is -0.321 e. The fourth-order valence-electron chi connectivity index (χ4n) is 3.40. The zero-order valence-corrected chi connectivity index (χ0v) is 17.2. The van der Waals surface area contributed by atoms with Crippen molar-refractivity contribution in [3.05, 3.63) is 68.3 Å². The van der Waals surface area contributed by atoms with E-state index in [4.69, 9.17) is 0 Å². The molecule has 0 saturated carbocycles. The van der Waals surface area contributed by atoms with Crippen LogP contribution in [0.2, 0.25) is 0 Å². The van der Waals surface area contributed by atoms with Crippen molar-refractivity contribution in [3.8, 4) is 0 Å². The Bertz CT molecular complexity index is 1100. The number of aryl methyl sites for hydroxylation is 3. The highest BCUT2D eigenvalue weighted by Gasteiger charge is 2.23. The van der Waals surface area contributed by atoms with E-state index in [-0.39, 0.29) is 18.1 Å². The second-order valence-electron chi connectivity index (χ2n) is 7.11. The molecule has 0 bridgehead atoms. The molecule has 0 spiro atoms. The number of nitrogens with zero attached hydrogens (tertiary/aromatic N) is 5. The van der Waals surface area contributed by atoms with Gasteiger partial charge in [-0.15, -0.1) is 0 Å². The van der Waals surface area contributed by atoms with E-state index in [9.17, 15) is 14.9 Å². The molecule has 29 heavy (non-hydrogen) atoms. The van der Waals surface area contributed by atoms with Gasteiger partial charge in [-0.2, -0.15) is 10.2 Å². The number of rotatable bonds is 6. The molecule has 0 unspecified atom stereocenters. The number of anilines is 1. The Morgan fingerprint density at radius 1 is 1.03 bits per heavy atom. The highest BCUT2D eigenvalue weighted by Crippen LogP contribution is 2.23. The fraction of sp³-hybridized carbons (Fsp3) is 0.350. The molecule has 2 heterocycles. The van der Waals surface area contributed by atoms with E-state index in [1.807, 2.05) is 30.7 Å². The van der Waals surface area contributed by atoms with Gasteiger partial charge in [0.25, 0.3) is 0 Å². The summed E-state index contributed by atoms with van der Waals surface area (Å²) < 4.78 is 3.21. The van der Waals surface area contributed by atoms with Crippen molar-refractivity contribution in [1.82, 2.24) is 19.6 Å². The fourth-order valence-corrected chi connectivity index (χ4v) is 3.40. The summed E-state index contributed by atoms with van der Waals surface area (Å²) in [7, 11) is 0. The van der Waals surface area contributed by atoms with Crippen LogP contribution in [0.15, 0.2) is 24.3 Å². The van der Waals surface area contributed by atoms with Crippen LogP contribution in [0.25, 0.3) is 0 Å². The SMILES string of the molecule is Cc1ccccc1Cn1nc(C)c(NC(=O)Cn2nc(C)c([N+](=O)[O-])c2C)c1C. The summed E-state index contributed by atoms with van der Waals surface area (Å²) in [4.78, 5) is 23.2. The summed E-state index contributed by atoms with van der Waals surface area (Å²) in [5, 5.41) is 22.7. The predicted molar refractivity (Wildman–Crippen MR) is 109 cm³/mol. The zero-order chi connectivity index (χ0) is 21.3. The van der Waals surface area contributed by atoms with Crippen molar-refractivity contribution < 1.29 is 9.72 Å². The number of benzene rings is 1. The molecule has 0 aliphatic carbocycles. The molecule has 9 nitrogen and oxygen atoms in total. The normalized spacial score (nSPS) is 10.9. The zero-order valence-electron chi connectivity index (χ0n) is 17.2. The highest BCUT2D eigenvalue weighted by molar-refractivity contribution is 5.91. The molecule has 0 fully saturated rings. The summed E-state index contributed by atoms with van der Waals surface area (Å²) in [5.74, 6) is -0.313. The summed E-state index contributed by atoms with van der Waals surface area (Å²) >= 11 is 0. The van der Waals surface area contributed by atoms with Crippen LogP contribution in [0.3, 0.4) is 0 Å². The number of nitro groups is 1. The van der Waals surface area contributed by atoms with Crippen LogP contribution in [0, 0.1) is 44.7 Å². The van der Waals surface area contributed by atoms with Gasteiger partial charge in [-0.1, -0.05) is 24.3 Å². The maximum Gasteiger partial charge on any atom is 0.312 e. The second kappa shape index (κ2) is 7.86. The van der Waals surface area contributed by atoms with Crippen molar-refractivity contribution >= 4 is 17.3 Å². The van der Waals surface area contributed by atoms with Crippen LogP contribution in [0.4, 0.5) is 11.4 Å². The van der Waals surface area contributed by atoms with Gasteiger partial charge in [0.2, 0.25) is 5.91 Å². The Morgan fingerprint density at radius 2 is 1.69 bits per heavy atom. The Labute approximate surface area is 168 Å². The molecule has 2 aromatic heterocycles. The van der Waals surface area contributed by atoms with Gasteiger partial charge in [0.1, 0.15) is 17.9 Å². The van der Waals surface area contributed by atoms with Crippen molar-refractivity contribution in [1.29, 1.82) is 0 Å². The van der Waals surface area contributed by atoms with Crippen molar-refractivity contribution in [2.75, 3.05) is 5.32 Å². The molecule has 152 valence electrons. The lowest BCUT2D eigenvalue weighted by molar-refractivity contribution is -0.386. The Balaban J connectivity index is 1.78. The van der Waals surface area contributed by atoms with Gasteiger partial charge >= 0.3 is 5.69 Å². The third-order valence-corrected chi connectivity index (χ3v) is 5.05. The average Bonchev–Trinajstić information content (AvgIpc) is 3.06. The van der Waals surface area contributed by atoms with Crippen LogP contribution in [-0.4, -0.2) is 30.4 Å². The predicted octanol–water partition coefficient (Wildman–Crippen LogP) is 3.22. The van der Waals surface area contributed by atoms with Gasteiger partial charge in [0.05, 0.1) is 28.5 Å². The second-order valence-corrected chi connectivity index (χ2v) is 7.11. The summed E-state index contributed by atoms with van der Waals surface area (Å²) in [6.07, 6.45) is 0. The first-order chi connectivity index (χ1) is 13.7. The van der Waals surface area contributed by atoms with E-state index in [1.165, 1.54) is 10.2 Å². The summed E-state index contributed by atoms with van der Waals surface area (Å²) in [5.41, 5.74) is 5.13. The van der Waals surface area contributed by atoms with Crippen molar-refractivity contribution in [3.63, 3.8) is 0 Å². The number of aromatic nitrogens is 4. The topological polar surface area (TPSA) is 108 Å². The van der Waals surface area contributed by atoms with E-state index >= 15 is 0 Å². The third-order valence-electron chi connectivity index (χ3n) is 5.05. The summed E-state index contributed by atoms with van der Waals surface area (Å²) in [6.45, 7) is 9.44. The van der Waals surface area contributed by atoms with Crippen LogP contribution < -0.4 is 5.32 Å². The molecular formula is C20H24N6O3. The van der Waals surface area contributed by atoms with E-state index in [2.05, 4.69) is 34.6 Å². The van der Waals surface area contributed by atoms with E-state index in [1.54, 1.807) is 13.8 Å². The van der Waals surface area contributed by atoms with Gasteiger partial charge in [0, 0.05) is 0 Å². The molecule has 0 radical (unpaired) electrons. The maximum absolute atomic E-state index is 12.6. The van der Waals surface area contributed by atoms with Crippen LogP contribution in [0.5, 0.6) is 0 Å². The van der Waals surface area contributed by atoms with Gasteiger partial charge in [0.15, 0.2) is 0 Å². The first kappa shape index (κ1) is 20.2. The molecule has 9 heteroatoms. The molecule has 1 amide bonds. The molecule has 1 aromatic carbocycles. The quantitative estimate of drug-likeness (QED) is 0.508. The van der Waals surface area contributed by atoms with Crippen molar-refractivity contribution in [2.24, 2.45) is 0 Å². The molecule has 0 aliphatic heterocycles. The first-order valence-electron chi connectivity index (χ1n) is 9.25. The Morgan fingerprint density at radius 3 is 2.31 bits per heavy atom. The average molecular weight is 396 g/mol. The lowest BCUT2D eigenvalue weighted by Crippen LogP contribution is -2.21. The molecule has 3 rings (SSSR count). The van der Waals surface area contributed by atoms with E-state index in [0.29, 0.717) is 29.3 Å². The molecule has 0 atom stereocenters. The standard InChI is InChI=1S/C20H24N6O3/c1-12-8-6-7-9-17(12)10-24-15(4)19(13(2)22-24)21-18(27)11-25-16(5)20(26(28)29)14(3)23-25/h6-9H,10-11H2,1-5H3,(H,21,27). The van der Waals surface area contributed by atoms with E-state index < -0.39 is 4.92 Å². The third kappa shape index (κ3) is 4.03.